The highest BCUT2D eigenvalue weighted by atomic mass is 32.1. The van der Waals surface area contributed by atoms with Gasteiger partial charge >= 0.3 is 6.09 Å². The molecule has 2 heterocycles. The van der Waals surface area contributed by atoms with Crippen molar-refractivity contribution in [1.82, 2.24) is 10.3 Å². The second kappa shape index (κ2) is 10.4. The number of nitrogens with one attached hydrogen (secondary N) is 2. The zero-order valence-electron chi connectivity index (χ0n) is 17.1. The lowest BCUT2D eigenvalue weighted by Crippen LogP contribution is -2.45. The van der Waals surface area contributed by atoms with Gasteiger partial charge in [-0.05, 0) is 23.3 Å². The molecule has 2 amide bonds. The van der Waals surface area contributed by atoms with Crippen LogP contribution in [-0.4, -0.2) is 23.0 Å². The summed E-state index contributed by atoms with van der Waals surface area (Å²) in [6.07, 6.45) is 1.21. The van der Waals surface area contributed by atoms with Crippen molar-refractivity contribution < 1.29 is 18.7 Å². The molecule has 8 heteroatoms. The first-order chi connectivity index (χ1) is 15.7. The average Bonchev–Trinajstić information content (AvgIpc) is 3.51. The van der Waals surface area contributed by atoms with Crippen molar-refractivity contribution in [3.8, 4) is 11.5 Å². The minimum absolute atomic E-state index is 0.116. The summed E-state index contributed by atoms with van der Waals surface area (Å²) < 4.78 is 10.6. The molecule has 0 radical (unpaired) electrons. The van der Waals surface area contributed by atoms with E-state index in [-0.39, 0.29) is 12.5 Å². The Hall–Kier alpha value is -3.91. The van der Waals surface area contributed by atoms with Crippen LogP contribution < -0.4 is 10.6 Å². The lowest BCUT2D eigenvalue weighted by Gasteiger charge is -2.18. The smallest absolute Gasteiger partial charge is 0.408 e. The normalized spacial score (nSPS) is 11.5. The Balaban J connectivity index is 1.42. The van der Waals surface area contributed by atoms with Crippen molar-refractivity contribution in [3.63, 3.8) is 0 Å². The fraction of sp³-hybridized carbons (Fsp3) is 0.125. The van der Waals surface area contributed by atoms with Gasteiger partial charge in [-0.2, -0.15) is 0 Å². The van der Waals surface area contributed by atoms with E-state index >= 15 is 0 Å². The van der Waals surface area contributed by atoms with Gasteiger partial charge in [0.2, 0.25) is 5.91 Å². The Morgan fingerprint density at radius 2 is 1.69 bits per heavy atom. The van der Waals surface area contributed by atoms with Crippen LogP contribution in [0.15, 0.2) is 88.9 Å². The summed E-state index contributed by atoms with van der Waals surface area (Å²) in [5, 5.41) is 7.67. The quantitative estimate of drug-likeness (QED) is 0.402. The summed E-state index contributed by atoms with van der Waals surface area (Å²) in [5.41, 5.74) is 2.40. The van der Waals surface area contributed by atoms with E-state index in [0.717, 1.165) is 11.1 Å². The Morgan fingerprint density at radius 1 is 0.969 bits per heavy atom. The molecule has 4 aromatic rings. The van der Waals surface area contributed by atoms with Gasteiger partial charge < -0.3 is 19.8 Å². The van der Waals surface area contributed by atoms with Crippen LogP contribution in [0.5, 0.6) is 0 Å². The van der Waals surface area contributed by atoms with Crippen molar-refractivity contribution in [2.24, 2.45) is 0 Å². The number of furan rings is 1. The number of nitrogens with zero attached hydrogens (tertiary/aromatic N) is 1. The zero-order chi connectivity index (χ0) is 22.2. The molecular weight excluding hydrogens is 426 g/mol. The highest BCUT2D eigenvalue weighted by Gasteiger charge is 2.23. The Bertz CT molecular complexity index is 1140. The summed E-state index contributed by atoms with van der Waals surface area (Å²) in [5.74, 6) is 0.232. The Morgan fingerprint density at radius 3 is 2.38 bits per heavy atom. The molecule has 0 spiro atoms. The van der Waals surface area contributed by atoms with E-state index in [9.17, 15) is 9.59 Å². The minimum Gasteiger partial charge on any atom is -0.463 e. The fourth-order valence-corrected chi connectivity index (χ4v) is 3.73. The van der Waals surface area contributed by atoms with E-state index in [4.69, 9.17) is 9.15 Å². The van der Waals surface area contributed by atoms with Crippen LogP contribution >= 0.6 is 11.3 Å². The summed E-state index contributed by atoms with van der Waals surface area (Å²) in [6, 6.07) is 21.5. The number of rotatable bonds is 8. The van der Waals surface area contributed by atoms with E-state index in [1.165, 1.54) is 11.3 Å². The fourth-order valence-electron chi connectivity index (χ4n) is 3.03. The van der Waals surface area contributed by atoms with Gasteiger partial charge in [-0.3, -0.25) is 4.79 Å². The Labute approximate surface area is 189 Å². The molecule has 1 unspecified atom stereocenters. The molecule has 0 saturated heterocycles. The number of amides is 2. The number of hydrogen-bond donors (Lipinski definition) is 2. The van der Waals surface area contributed by atoms with Gasteiger partial charge in [-0.25, -0.2) is 9.78 Å². The predicted octanol–water partition coefficient (Wildman–Crippen LogP) is 4.88. The molecule has 0 aliphatic heterocycles. The number of ether oxygens (including phenoxy) is 1. The van der Waals surface area contributed by atoms with Crippen LogP contribution in [-0.2, 0) is 22.6 Å². The van der Waals surface area contributed by atoms with Gasteiger partial charge in [0.05, 0.1) is 6.26 Å². The number of anilines is 1. The van der Waals surface area contributed by atoms with Gasteiger partial charge in [0.1, 0.15) is 18.3 Å². The third kappa shape index (κ3) is 5.83. The molecule has 2 aromatic heterocycles. The zero-order valence-corrected chi connectivity index (χ0v) is 17.9. The first-order valence-corrected chi connectivity index (χ1v) is 10.9. The first kappa shape index (κ1) is 21.3. The van der Waals surface area contributed by atoms with Gasteiger partial charge in [-0.1, -0.05) is 60.7 Å². The topological polar surface area (TPSA) is 93.5 Å². The third-order valence-electron chi connectivity index (χ3n) is 4.61. The number of aromatic nitrogens is 1. The van der Waals surface area contributed by atoms with Crippen molar-refractivity contribution in [3.05, 3.63) is 95.6 Å². The number of benzene rings is 2. The van der Waals surface area contributed by atoms with Crippen molar-refractivity contribution in [2.45, 2.75) is 19.1 Å². The van der Waals surface area contributed by atoms with Gasteiger partial charge in [0.15, 0.2) is 10.9 Å². The second-order valence-electron chi connectivity index (χ2n) is 6.95. The lowest BCUT2D eigenvalue weighted by atomic mass is 10.1. The molecular formula is C24H21N3O4S. The molecule has 0 aliphatic rings. The molecule has 2 N–H and O–H groups in total. The standard InChI is InChI=1S/C24H21N3O4S/c28-22(27-23-25-20(16-32-23)21-12-7-13-30-21)19(14-17-8-3-1-4-9-17)26-24(29)31-15-18-10-5-2-6-11-18/h1-13,16,19H,14-15H2,(H,26,29)(H,25,27,28). The molecule has 1 atom stereocenters. The van der Waals surface area contributed by atoms with Crippen LogP contribution in [0, 0.1) is 0 Å². The first-order valence-electron chi connectivity index (χ1n) is 9.99. The van der Waals surface area contributed by atoms with E-state index in [0.29, 0.717) is 23.0 Å². The highest BCUT2D eigenvalue weighted by Crippen LogP contribution is 2.25. The number of carbonyl (C=O) groups excluding carboxylic acids is 2. The molecule has 7 nitrogen and oxygen atoms in total. The number of carbonyl (C=O) groups is 2. The summed E-state index contributed by atoms with van der Waals surface area (Å²) in [4.78, 5) is 29.8. The summed E-state index contributed by atoms with van der Waals surface area (Å²) >= 11 is 1.28. The van der Waals surface area contributed by atoms with Crippen LogP contribution in [0.3, 0.4) is 0 Å². The Kier molecular flexibility index (Phi) is 6.94. The largest absolute Gasteiger partial charge is 0.463 e. The van der Waals surface area contributed by atoms with Gasteiger partial charge in [0, 0.05) is 11.8 Å². The van der Waals surface area contributed by atoms with Crippen molar-refractivity contribution in [1.29, 1.82) is 0 Å². The van der Waals surface area contributed by atoms with Gasteiger partial charge in [-0.15, -0.1) is 11.3 Å². The lowest BCUT2D eigenvalue weighted by molar-refractivity contribution is -0.118. The van der Waals surface area contributed by atoms with Crippen LogP contribution in [0.2, 0.25) is 0 Å². The van der Waals surface area contributed by atoms with E-state index in [2.05, 4.69) is 15.6 Å². The van der Waals surface area contributed by atoms with Crippen LogP contribution in [0.1, 0.15) is 11.1 Å². The highest BCUT2D eigenvalue weighted by molar-refractivity contribution is 7.14. The predicted molar refractivity (Wildman–Crippen MR) is 122 cm³/mol. The summed E-state index contributed by atoms with van der Waals surface area (Å²) in [6.45, 7) is 0.116. The number of alkyl carbamates (subject to hydrolysis) is 1. The van der Waals surface area contributed by atoms with Crippen molar-refractivity contribution >= 4 is 28.5 Å². The second-order valence-corrected chi connectivity index (χ2v) is 7.81. The molecule has 4 rings (SSSR count). The number of hydrogen-bond acceptors (Lipinski definition) is 6. The molecule has 0 bridgehead atoms. The maximum Gasteiger partial charge on any atom is 0.408 e. The van der Waals surface area contributed by atoms with E-state index < -0.39 is 12.1 Å². The monoisotopic (exact) mass is 447 g/mol. The van der Waals surface area contributed by atoms with Crippen LogP contribution in [0.4, 0.5) is 9.93 Å². The molecule has 2 aromatic carbocycles. The molecule has 0 aliphatic carbocycles. The van der Waals surface area contributed by atoms with Gasteiger partial charge in [0.25, 0.3) is 0 Å². The third-order valence-corrected chi connectivity index (χ3v) is 5.37. The molecule has 0 fully saturated rings. The molecule has 162 valence electrons. The maximum atomic E-state index is 13.0. The van der Waals surface area contributed by atoms with Crippen molar-refractivity contribution in [2.75, 3.05) is 5.32 Å². The molecule has 32 heavy (non-hydrogen) atoms. The van der Waals surface area contributed by atoms with E-state index in [1.54, 1.807) is 23.8 Å². The SMILES string of the molecule is O=C(NC(Cc1ccccc1)C(=O)Nc1nc(-c2ccco2)cs1)OCc1ccccc1. The minimum atomic E-state index is -0.836. The molecule has 0 saturated carbocycles. The summed E-state index contributed by atoms with van der Waals surface area (Å²) in [7, 11) is 0. The van der Waals surface area contributed by atoms with Crippen LogP contribution in [0.25, 0.3) is 11.5 Å². The van der Waals surface area contributed by atoms with E-state index in [1.807, 2.05) is 60.7 Å². The number of thiazole rings is 1. The maximum absolute atomic E-state index is 13.0. The average molecular weight is 448 g/mol.